The van der Waals surface area contributed by atoms with E-state index in [0.717, 1.165) is 12.2 Å². The summed E-state index contributed by atoms with van der Waals surface area (Å²) in [6.45, 7) is 5.08. The second kappa shape index (κ2) is 6.83. The Morgan fingerprint density at radius 3 is 2.62 bits per heavy atom. The van der Waals surface area contributed by atoms with Gasteiger partial charge < -0.3 is 10.6 Å². The SMILES string of the molecule is CC(C)CNc1ccc(NC(=O)c2ccccc2F)nc1. The van der Waals surface area contributed by atoms with E-state index in [4.69, 9.17) is 0 Å². The molecule has 110 valence electrons. The van der Waals surface area contributed by atoms with Crippen molar-refractivity contribution in [2.45, 2.75) is 13.8 Å². The molecule has 0 bridgehead atoms. The van der Waals surface area contributed by atoms with Crippen molar-refractivity contribution in [3.8, 4) is 0 Å². The van der Waals surface area contributed by atoms with Crippen LogP contribution in [0.15, 0.2) is 42.6 Å². The van der Waals surface area contributed by atoms with Gasteiger partial charge in [-0.3, -0.25) is 4.79 Å². The van der Waals surface area contributed by atoms with E-state index in [-0.39, 0.29) is 5.56 Å². The first-order chi connectivity index (χ1) is 10.1. The highest BCUT2D eigenvalue weighted by molar-refractivity contribution is 6.03. The van der Waals surface area contributed by atoms with Crippen LogP contribution in [0.1, 0.15) is 24.2 Å². The number of carbonyl (C=O) groups is 1. The molecule has 21 heavy (non-hydrogen) atoms. The van der Waals surface area contributed by atoms with Crippen LogP contribution in [0, 0.1) is 11.7 Å². The molecule has 0 saturated carbocycles. The van der Waals surface area contributed by atoms with Gasteiger partial charge in [0.15, 0.2) is 0 Å². The lowest BCUT2D eigenvalue weighted by Gasteiger charge is -2.09. The molecule has 1 heterocycles. The van der Waals surface area contributed by atoms with Gasteiger partial charge >= 0.3 is 0 Å². The Morgan fingerprint density at radius 1 is 1.24 bits per heavy atom. The number of anilines is 2. The highest BCUT2D eigenvalue weighted by atomic mass is 19.1. The second-order valence-electron chi connectivity index (χ2n) is 5.14. The molecule has 4 nitrogen and oxygen atoms in total. The van der Waals surface area contributed by atoms with Crippen LogP contribution in [0.3, 0.4) is 0 Å². The van der Waals surface area contributed by atoms with Crippen molar-refractivity contribution in [3.63, 3.8) is 0 Å². The molecule has 1 aromatic carbocycles. The van der Waals surface area contributed by atoms with E-state index in [2.05, 4.69) is 29.5 Å². The molecule has 0 atom stereocenters. The zero-order valence-corrected chi connectivity index (χ0v) is 12.1. The Morgan fingerprint density at radius 2 is 2.00 bits per heavy atom. The highest BCUT2D eigenvalue weighted by Gasteiger charge is 2.11. The lowest BCUT2D eigenvalue weighted by molar-refractivity contribution is 0.102. The molecule has 0 radical (unpaired) electrons. The number of rotatable bonds is 5. The normalized spacial score (nSPS) is 10.5. The Labute approximate surface area is 123 Å². The van der Waals surface area contributed by atoms with Gasteiger partial charge in [-0.1, -0.05) is 26.0 Å². The van der Waals surface area contributed by atoms with Gasteiger partial charge in [-0.25, -0.2) is 9.37 Å². The zero-order chi connectivity index (χ0) is 15.2. The number of nitrogens with one attached hydrogen (secondary N) is 2. The molecule has 0 fully saturated rings. The third kappa shape index (κ3) is 4.27. The predicted molar refractivity (Wildman–Crippen MR) is 81.9 cm³/mol. The Bertz CT molecular complexity index is 611. The Kier molecular flexibility index (Phi) is 4.87. The number of aromatic nitrogens is 1. The number of hydrogen-bond donors (Lipinski definition) is 2. The monoisotopic (exact) mass is 287 g/mol. The minimum absolute atomic E-state index is 0.00121. The van der Waals surface area contributed by atoms with Crippen molar-refractivity contribution in [2.75, 3.05) is 17.2 Å². The molecule has 2 aromatic rings. The van der Waals surface area contributed by atoms with E-state index in [9.17, 15) is 9.18 Å². The van der Waals surface area contributed by atoms with Gasteiger partial charge in [0.1, 0.15) is 11.6 Å². The number of nitrogens with zero attached hydrogens (tertiary/aromatic N) is 1. The topological polar surface area (TPSA) is 54.0 Å². The van der Waals surface area contributed by atoms with Crippen LogP contribution in [0.25, 0.3) is 0 Å². The second-order valence-corrected chi connectivity index (χ2v) is 5.14. The van der Waals surface area contributed by atoms with E-state index in [1.54, 1.807) is 24.4 Å². The van der Waals surface area contributed by atoms with Crippen LogP contribution < -0.4 is 10.6 Å². The quantitative estimate of drug-likeness (QED) is 0.884. The number of amides is 1. The van der Waals surface area contributed by atoms with Gasteiger partial charge in [-0.15, -0.1) is 0 Å². The molecule has 1 amide bonds. The fraction of sp³-hybridized carbons (Fsp3) is 0.250. The molecule has 1 aromatic heterocycles. The highest BCUT2D eigenvalue weighted by Crippen LogP contribution is 2.13. The molecular weight excluding hydrogens is 269 g/mol. The van der Waals surface area contributed by atoms with Crippen molar-refractivity contribution < 1.29 is 9.18 Å². The molecule has 0 aliphatic carbocycles. The molecular formula is C16H18FN3O. The van der Waals surface area contributed by atoms with Gasteiger partial charge in [-0.05, 0) is 30.2 Å². The summed E-state index contributed by atoms with van der Waals surface area (Å²) in [5.74, 6) is -0.141. The minimum atomic E-state index is -0.551. The molecule has 5 heteroatoms. The summed E-state index contributed by atoms with van der Waals surface area (Å²) in [4.78, 5) is 16.1. The van der Waals surface area contributed by atoms with E-state index < -0.39 is 11.7 Å². The summed E-state index contributed by atoms with van der Waals surface area (Å²) < 4.78 is 13.5. The number of benzene rings is 1. The van der Waals surface area contributed by atoms with Crippen LogP contribution >= 0.6 is 0 Å². The van der Waals surface area contributed by atoms with Gasteiger partial charge in [0.05, 0.1) is 17.4 Å². The van der Waals surface area contributed by atoms with Gasteiger partial charge in [-0.2, -0.15) is 0 Å². The maximum atomic E-state index is 13.5. The molecule has 0 aliphatic rings. The number of halogens is 1. The maximum absolute atomic E-state index is 13.5. The summed E-state index contributed by atoms with van der Waals surface area (Å²) in [5, 5.41) is 5.80. The number of pyridine rings is 1. The summed E-state index contributed by atoms with van der Waals surface area (Å²) >= 11 is 0. The van der Waals surface area contributed by atoms with Crippen molar-refractivity contribution in [3.05, 3.63) is 54.0 Å². The molecule has 0 unspecified atom stereocenters. The fourth-order valence-electron chi connectivity index (χ4n) is 1.72. The van der Waals surface area contributed by atoms with Crippen LogP contribution in [-0.2, 0) is 0 Å². The first kappa shape index (κ1) is 15.0. The molecule has 0 aliphatic heterocycles. The largest absolute Gasteiger partial charge is 0.384 e. The first-order valence-electron chi connectivity index (χ1n) is 6.82. The minimum Gasteiger partial charge on any atom is -0.384 e. The summed E-state index contributed by atoms with van der Waals surface area (Å²) in [5.41, 5.74) is 0.883. The lowest BCUT2D eigenvalue weighted by atomic mass is 10.2. The zero-order valence-electron chi connectivity index (χ0n) is 12.1. The van der Waals surface area contributed by atoms with Gasteiger partial charge in [0, 0.05) is 6.54 Å². The molecule has 0 saturated heterocycles. The predicted octanol–water partition coefficient (Wildman–Crippen LogP) is 3.54. The average molecular weight is 287 g/mol. The number of hydrogen-bond acceptors (Lipinski definition) is 3. The van der Waals surface area contributed by atoms with Crippen LogP contribution in [-0.4, -0.2) is 17.4 Å². The van der Waals surface area contributed by atoms with Gasteiger partial charge in [0.25, 0.3) is 5.91 Å². The van der Waals surface area contributed by atoms with Crippen molar-refractivity contribution >= 4 is 17.4 Å². The standard InChI is InChI=1S/C16H18FN3O/c1-11(2)9-18-12-7-8-15(19-10-12)20-16(21)13-5-3-4-6-14(13)17/h3-8,10-11,18H,9H2,1-2H3,(H,19,20,21). The first-order valence-corrected chi connectivity index (χ1v) is 6.82. The van der Waals surface area contributed by atoms with E-state index in [1.807, 2.05) is 6.07 Å². The van der Waals surface area contributed by atoms with E-state index >= 15 is 0 Å². The fourth-order valence-corrected chi connectivity index (χ4v) is 1.72. The lowest BCUT2D eigenvalue weighted by Crippen LogP contribution is -2.14. The van der Waals surface area contributed by atoms with Gasteiger partial charge in [0.2, 0.25) is 0 Å². The third-order valence-electron chi connectivity index (χ3n) is 2.84. The summed E-state index contributed by atoms with van der Waals surface area (Å²) in [6.07, 6.45) is 1.64. The van der Waals surface area contributed by atoms with Crippen molar-refractivity contribution in [1.29, 1.82) is 0 Å². The third-order valence-corrected chi connectivity index (χ3v) is 2.84. The van der Waals surface area contributed by atoms with Crippen molar-refractivity contribution in [2.24, 2.45) is 5.92 Å². The van der Waals surface area contributed by atoms with E-state index in [0.29, 0.717) is 11.7 Å². The summed E-state index contributed by atoms with van der Waals surface area (Å²) in [7, 11) is 0. The molecule has 0 spiro atoms. The van der Waals surface area contributed by atoms with Crippen molar-refractivity contribution in [1.82, 2.24) is 4.98 Å². The van der Waals surface area contributed by atoms with Crippen LogP contribution in [0.4, 0.5) is 15.9 Å². The van der Waals surface area contributed by atoms with E-state index in [1.165, 1.54) is 12.1 Å². The van der Waals surface area contributed by atoms with Crippen LogP contribution in [0.5, 0.6) is 0 Å². The maximum Gasteiger partial charge on any atom is 0.259 e. The van der Waals surface area contributed by atoms with Crippen LogP contribution in [0.2, 0.25) is 0 Å². The Balaban J connectivity index is 2.00. The molecule has 2 N–H and O–H groups in total. The average Bonchev–Trinajstić information content (AvgIpc) is 2.47. The summed E-state index contributed by atoms with van der Waals surface area (Å²) in [6, 6.07) is 9.35. The number of carbonyl (C=O) groups excluding carboxylic acids is 1. The smallest absolute Gasteiger partial charge is 0.259 e. The molecule has 2 rings (SSSR count). The Hall–Kier alpha value is -2.43.